The van der Waals surface area contributed by atoms with Gasteiger partial charge in [-0.3, -0.25) is 9.59 Å². The van der Waals surface area contributed by atoms with Crippen LogP contribution in [0.3, 0.4) is 0 Å². The highest BCUT2D eigenvalue weighted by Crippen LogP contribution is 2.33. The molecule has 6 heteroatoms. The number of ether oxygens (including phenoxy) is 2. The number of benzene rings is 2. The van der Waals surface area contributed by atoms with Gasteiger partial charge in [0.1, 0.15) is 0 Å². The molecule has 0 saturated carbocycles. The molecular weight excluding hydrogens is 368 g/mol. The number of fused-ring (bicyclic) bond motifs is 1. The third kappa shape index (κ3) is 3.92. The van der Waals surface area contributed by atoms with Crippen molar-refractivity contribution in [1.29, 1.82) is 0 Å². The zero-order valence-corrected chi connectivity index (χ0v) is 16.9. The van der Waals surface area contributed by atoms with Crippen LogP contribution in [0.15, 0.2) is 36.4 Å². The highest BCUT2D eigenvalue weighted by Gasteiger charge is 2.34. The molecular formula is C23H26N2O4. The van der Waals surface area contributed by atoms with Gasteiger partial charge in [-0.2, -0.15) is 0 Å². The Kier molecular flexibility index (Phi) is 5.43. The first kappa shape index (κ1) is 19.3. The van der Waals surface area contributed by atoms with Crippen LogP contribution in [0.2, 0.25) is 0 Å². The molecule has 0 aliphatic carbocycles. The first-order chi connectivity index (χ1) is 14.1. The van der Waals surface area contributed by atoms with Crippen molar-refractivity contribution in [3.8, 4) is 11.5 Å². The molecule has 1 saturated heterocycles. The van der Waals surface area contributed by atoms with E-state index >= 15 is 0 Å². The summed E-state index contributed by atoms with van der Waals surface area (Å²) in [4.78, 5) is 27.2. The quantitative estimate of drug-likeness (QED) is 0.814. The molecule has 1 fully saturated rings. The van der Waals surface area contributed by atoms with E-state index in [1.165, 1.54) is 0 Å². The van der Waals surface area contributed by atoms with Gasteiger partial charge >= 0.3 is 0 Å². The molecule has 4 rings (SSSR count). The fourth-order valence-corrected chi connectivity index (χ4v) is 3.99. The Labute approximate surface area is 170 Å². The van der Waals surface area contributed by atoms with Gasteiger partial charge < -0.3 is 19.7 Å². The summed E-state index contributed by atoms with van der Waals surface area (Å²) < 4.78 is 10.7. The SMILES string of the molecule is CCc1cccc(CC)c1NC(=O)C1CC(=O)N(Cc2ccc3c(c2)OCO3)C1. The van der Waals surface area contributed by atoms with E-state index in [-0.39, 0.29) is 30.9 Å². The van der Waals surface area contributed by atoms with Crippen molar-refractivity contribution in [2.75, 3.05) is 18.7 Å². The number of nitrogens with one attached hydrogen (secondary N) is 1. The van der Waals surface area contributed by atoms with Crippen LogP contribution in [0.25, 0.3) is 0 Å². The minimum Gasteiger partial charge on any atom is -0.454 e. The fourth-order valence-electron chi connectivity index (χ4n) is 3.99. The highest BCUT2D eigenvalue weighted by molar-refractivity contribution is 5.98. The third-order valence-electron chi connectivity index (χ3n) is 5.64. The number of anilines is 1. The van der Waals surface area contributed by atoms with Crippen molar-refractivity contribution in [1.82, 2.24) is 4.90 Å². The third-order valence-corrected chi connectivity index (χ3v) is 5.64. The molecule has 1 atom stereocenters. The summed E-state index contributed by atoms with van der Waals surface area (Å²) in [6.45, 7) is 5.27. The Balaban J connectivity index is 1.43. The molecule has 0 radical (unpaired) electrons. The van der Waals surface area contributed by atoms with Crippen molar-refractivity contribution < 1.29 is 19.1 Å². The van der Waals surface area contributed by atoms with Crippen LogP contribution >= 0.6 is 0 Å². The topological polar surface area (TPSA) is 67.9 Å². The number of carbonyl (C=O) groups is 2. The summed E-state index contributed by atoms with van der Waals surface area (Å²) in [6, 6.07) is 11.8. The summed E-state index contributed by atoms with van der Waals surface area (Å²) in [5.74, 6) is 1.00. The molecule has 2 aliphatic heterocycles. The molecule has 2 aromatic carbocycles. The first-order valence-electron chi connectivity index (χ1n) is 10.2. The van der Waals surface area contributed by atoms with Gasteiger partial charge in [-0.1, -0.05) is 38.1 Å². The predicted molar refractivity (Wildman–Crippen MR) is 110 cm³/mol. The summed E-state index contributed by atoms with van der Waals surface area (Å²) in [7, 11) is 0. The molecule has 152 valence electrons. The Morgan fingerprint density at radius 1 is 1.10 bits per heavy atom. The monoisotopic (exact) mass is 394 g/mol. The van der Waals surface area contributed by atoms with Crippen LogP contribution in [0.1, 0.15) is 37.0 Å². The Hall–Kier alpha value is -3.02. The van der Waals surface area contributed by atoms with E-state index in [2.05, 4.69) is 19.2 Å². The van der Waals surface area contributed by atoms with Gasteiger partial charge in [0.15, 0.2) is 11.5 Å². The van der Waals surface area contributed by atoms with Crippen molar-refractivity contribution in [2.24, 2.45) is 5.92 Å². The number of hydrogen-bond donors (Lipinski definition) is 1. The van der Waals surface area contributed by atoms with Gasteiger partial charge in [0.2, 0.25) is 18.6 Å². The van der Waals surface area contributed by atoms with E-state index < -0.39 is 0 Å². The number of aryl methyl sites for hydroxylation is 2. The largest absolute Gasteiger partial charge is 0.454 e. The van der Waals surface area contributed by atoms with E-state index in [0.717, 1.165) is 41.0 Å². The molecule has 2 aromatic rings. The maximum atomic E-state index is 12.9. The van der Waals surface area contributed by atoms with E-state index in [4.69, 9.17) is 9.47 Å². The molecule has 29 heavy (non-hydrogen) atoms. The molecule has 0 aromatic heterocycles. The first-order valence-corrected chi connectivity index (χ1v) is 10.2. The lowest BCUT2D eigenvalue weighted by Crippen LogP contribution is -2.28. The lowest BCUT2D eigenvalue weighted by Gasteiger charge is -2.18. The van der Waals surface area contributed by atoms with E-state index in [0.29, 0.717) is 18.8 Å². The fraction of sp³-hybridized carbons (Fsp3) is 0.391. The van der Waals surface area contributed by atoms with Crippen LogP contribution < -0.4 is 14.8 Å². The normalized spacial score (nSPS) is 17.7. The number of likely N-dealkylation sites (tertiary alicyclic amines) is 1. The van der Waals surface area contributed by atoms with Crippen LogP contribution in [0.5, 0.6) is 11.5 Å². The van der Waals surface area contributed by atoms with Crippen molar-refractivity contribution >= 4 is 17.5 Å². The second kappa shape index (κ2) is 8.15. The molecule has 0 bridgehead atoms. The second-order valence-electron chi connectivity index (χ2n) is 7.51. The summed E-state index contributed by atoms with van der Waals surface area (Å²) in [5.41, 5.74) is 4.12. The zero-order valence-electron chi connectivity index (χ0n) is 16.9. The Morgan fingerprint density at radius 2 is 1.83 bits per heavy atom. The minimum atomic E-state index is -0.342. The second-order valence-corrected chi connectivity index (χ2v) is 7.51. The van der Waals surface area contributed by atoms with Gasteiger partial charge in [-0.15, -0.1) is 0 Å². The molecule has 6 nitrogen and oxygen atoms in total. The number of rotatable bonds is 6. The number of hydrogen-bond acceptors (Lipinski definition) is 4. The van der Waals surface area contributed by atoms with Crippen LogP contribution in [0.4, 0.5) is 5.69 Å². The molecule has 2 heterocycles. The molecule has 0 spiro atoms. The standard InChI is InChI=1S/C23H26N2O4/c1-3-16-6-5-7-17(4-2)22(16)24-23(27)18-11-21(26)25(13-18)12-15-8-9-19-20(10-15)29-14-28-19/h5-10,18H,3-4,11-14H2,1-2H3,(H,24,27). The lowest BCUT2D eigenvalue weighted by molar-refractivity contribution is -0.128. The van der Waals surface area contributed by atoms with E-state index in [1.807, 2.05) is 36.4 Å². The van der Waals surface area contributed by atoms with Gasteiger partial charge in [-0.05, 0) is 41.7 Å². The minimum absolute atomic E-state index is 0.00214. The number of nitrogens with zero attached hydrogens (tertiary/aromatic N) is 1. The molecule has 2 aliphatic rings. The zero-order chi connectivity index (χ0) is 20.4. The number of carbonyl (C=O) groups excluding carboxylic acids is 2. The maximum Gasteiger partial charge on any atom is 0.231 e. The maximum absolute atomic E-state index is 12.9. The average Bonchev–Trinajstić information content (AvgIpc) is 3.34. The van der Waals surface area contributed by atoms with Crippen molar-refractivity contribution in [3.05, 3.63) is 53.1 Å². The average molecular weight is 394 g/mol. The van der Waals surface area contributed by atoms with E-state index in [9.17, 15) is 9.59 Å². The lowest BCUT2D eigenvalue weighted by atomic mass is 10.0. The van der Waals surface area contributed by atoms with E-state index in [1.54, 1.807) is 4.90 Å². The molecule has 1 unspecified atom stereocenters. The number of amides is 2. The van der Waals surface area contributed by atoms with Crippen LogP contribution in [0, 0.1) is 5.92 Å². The summed E-state index contributed by atoms with van der Waals surface area (Å²) in [5, 5.41) is 3.11. The van der Waals surface area contributed by atoms with Gasteiger partial charge in [-0.25, -0.2) is 0 Å². The highest BCUT2D eigenvalue weighted by atomic mass is 16.7. The summed E-state index contributed by atoms with van der Waals surface area (Å²) >= 11 is 0. The van der Waals surface area contributed by atoms with Crippen molar-refractivity contribution in [2.45, 2.75) is 39.7 Å². The predicted octanol–water partition coefficient (Wildman–Crippen LogP) is 3.53. The molecule has 2 amide bonds. The van der Waals surface area contributed by atoms with Gasteiger partial charge in [0.25, 0.3) is 0 Å². The van der Waals surface area contributed by atoms with Gasteiger partial charge in [0.05, 0.1) is 5.92 Å². The Bertz CT molecular complexity index is 918. The summed E-state index contributed by atoms with van der Waals surface area (Å²) in [6.07, 6.45) is 1.94. The van der Waals surface area contributed by atoms with Crippen molar-refractivity contribution in [3.63, 3.8) is 0 Å². The Morgan fingerprint density at radius 3 is 2.55 bits per heavy atom. The van der Waals surface area contributed by atoms with Crippen LogP contribution in [-0.2, 0) is 29.0 Å². The smallest absolute Gasteiger partial charge is 0.231 e. The van der Waals surface area contributed by atoms with Gasteiger partial charge in [0, 0.05) is 25.2 Å². The molecule has 1 N–H and O–H groups in total. The van der Waals surface area contributed by atoms with Crippen LogP contribution in [-0.4, -0.2) is 30.1 Å². The number of para-hydroxylation sites is 1.